The number of nitrogens with two attached hydrogens (primary N) is 1. The lowest BCUT2D eigenvalue weighted by atomic mass is 9.76. The summed E-state index contributed by atoms with van der Waals surface area (Å²) in [5, 5.41) is 20.1. The van der Waals surface area contributed by atoms with Gasteiger partial charge in [0, 0.05) is 40.1 Å². The van der Waals surface area contributed by atoms with Crippen molar-refractivity contribution in [2.45, 2.75) is 5.60 Å². The molecule has 4 aromatic carbocycles. The molecule has 0 bridgehead atoms. The molecule has 0 atom stereocenters. The highest BCUT2D eigenvalue weighted by atomic mass is 16.6. The first kappa shape index (κ1) is 18.3. The molecule has 0 unspecified atom stereocenters. The van der Waals surface area contributed by atoms with E-state index in [0.717, 1.165) is 5.56 Å². The first-order chi connectivity index (χ1) is 15.5. The molecular weight excluding hydrogens is 406 g/mol. The van der Waals surface area contributed by atoms with Crippen LogP contribution in [0.2, 0.25) is 0 Å². The number of rotatable bonds is 1. The highest BCUT2D eigenvalue weighted by molar-refractivity contribution is 6.06. The molecule has 2 aliphatic rings. The topological polar surface area (TPSA) is 102 Å². The molecular formula is C26H17NO5. The van der Waals surface area contributed by atoms with E-state index in [1.807, 2.05) is 30.3 Å². The van der Waals surface area contributed by atoms with Crippen molar-refractivity contribution in [3.05, 3.63) is 101 Å². The van der Waals surface area contributed by atoms with Gasteiger partial charge in [-0.05, 0) is 35.9 Å². The summed E-state index contributed by atoms with van der Waals surface area (Å²) in [6, 6.07) is 22.3. The van der Waals surface area contributed by atoms with Gasteiger partial charge in [0.05, 0.1) is 5.56 Å². The highest BCUT2D eigenvalue weighted by Gasteiger charge is 2.54. The van der Waals surface area contributed by atoms with Crippen LogP contribution in [0, 0.1) is 0 Å². The van der Waals surface area contributed by atoms with Crippen LogP contribution in [0.15, 0.2) is 78.9 Å². The monoisotopic (exact) mass is 423 g/mol. The van der Waals surface area contributed by atoms with Crippen LogP contribution in [0.4, 0.5) is 5.69 Å². The Bertz CT molecular complexity index is 1380. The van der Waals surface area contributed by atoms with E-state index >= 15 is 0 Å². The number of hydrogen-bond acceptors (Lipinski definition) is 6. The fourth-order valence-corrected chi connectivity index (χ4v) is 4.72. The van der Waals surface area contributed by atoms with E-state index in [4.69, 9.17) is 15.2 Å². The molecule has 0 radical (unpaired) electrons. The number of carbonyl (C=O) groups is 1. The molecule has 4 aromatic rings. The minimum atomic E-state index is -1.31. The summed E-state index contributed by atoms with van der Waals surface area (Å²) in [5.41, 5.74) is 9.06. The van der Waals surface area contributed by atoms with Gasteiger partial charge < -0.3 is 25.4 Å². The Labute approximate surface area is 183 Å². The Balaban J connectivity index is 1.72. The van der Waals surface area contributed by atoms with Gasteiger partial charge in [0.25, 0.3) is 0 Å². The summed E-state index contributed by atoms with van der Waals surface area (Å²) in [7, 11) is 0. The predicted molar refractivity (Wildman–Crippen MR) is 118 cm³/mol. The maximum absolute atomic E-state index is 13.4. The lowest BCUT2D eigenvalue weighted by molar-refractivity contribution is 0.0224. The van der Waals surface area contributed by atoms with Crippen molar-refractivity contribution in [2.75, 3.05) is 5.73 Å². The van der Waals surface area contributed by atoms with Crippen molar-refractivity contribution in [2.24, 2.45) is 0 Å². The molecule has 156 valence electrons. The molecule has 6 nitrogen and oxygen atoms in total. The van der Waals surface area contributed by atoms with Crippen molar-refractivity contribution < 1.29 is 24.5 Å². The normalized spacial score (nSPS) is 14.8. The Morgan fingerprint density at radius 2 is 1.31 bits per heavy atom. The predicted octanol–water partition coefficient (Wildman–Crippen LogP) is 4.92. The van der Waals surface area contributed by atoms with Gasteiger partial charge in [-0.2, -0.15) is 0 Å². The van der Waals surface area contributed by atoms with Crippen LogP contribution < -0.4 is 10.5 Å². The molecule has 0 aromatic heterocycles. The number of phenols is 2. The average Bonchev–Trinajstić information content (AvgIpc) is 3.06. The smallest absolute Gasteiger partial charge is 0.340 e. The van der Waals surface area contributed by atoms with E-state index in [1.54, 1.807) is 24.3 Å². The molecule has 0 aliphatic carbocycles. The summed E-state index contributed by atoms with van der Waals surface area (Å²) in [6.07, 6.45) is 0. The molecule has 0 amide bonds. The largest absolute Gasteiger partial charge is 0.508 e. The number of ether oxygens (including phenoxy) is 2. The number of fused-ring (bicyclic) bond motifs is 6. The Kier molecular flexibility index (Phi) is 3.60. The van der Waals surface area contributed by atoms with Crippen LogP contribution >= 0.6 is 0 Å². The van der Waals surface area contributed by atoms with E-state index < -0.39 is 11.6 Å². The molecule has 6 rings (SSSR count). The molecule has 2 aliphatic heterocycles. The number of phenolic OH excluding ortho intramolecular Hbond substituents is 2. The number of nitrogen functional groups attached to an aromatic ring is 1. The van der Waals surface area contributed by atoms with Crippen LogP contribution in [-0.4, -0.2) is 16.2 Å². The lowest BCUT2D eigenvalue weighted by Crippen LogP contribution is -2.32. The molecule has 4 N–H and O–H groups in total. The lowest BCUT2D eigenvalue weighted by Gasteiger charge is -2.36. The Hall–Kier alpha value is -4.45. The molecule has 6 heteroatoms. The zero-order valence-electron chi connectivity index (χ0n) is 16.7. The van der Waals surface area contributed by atoms with Crippen molar-refractivity contribution in [3.63, 3.8) is 0 Å². The van der Waals surface area contributed by atoms with Crippen LogP contribution in [0.1, 0.15) is 27.0 Å². The molecule has 1 spiro atoms. The van der Waals surface area contributed by atoms with Gasteiger partial charge in [0.1, 0.15) is 23.0 Å². The summed E-state index contributed by atoms with van der Waals surface area (Å²) >= 11 is 0. The number of anilines is 1. The van der Waals surface area contributed by atoms with E-state index in [-0.39, 0.29) is 11.5 Å². The molecule has 2 heterocycles. The fourth-order valence-electron chi connectivity index (χ4n) is 4.72. The average molecular weight is 423 g/mol. The van der Waals surface area contributed by atoms with Crippen LogP contribution in [-0.2, 0) is 10.3 Å². The summed E-state index contributed by atoms with van der Waals surface area (Å²) in [6.45, 7) is 0. The number of aromatic hydroxyl groups is 2. The van der Waals surface area contributed by atoms with Gasteiger partial charge in [-0.25, -0.2) is 4.79 Å². The van der Waals surface area contributed by atoms with Gasteiger partial charge in [-0.1, -0.05) is 36.4 Å². The van der Waals surface area contributed by atoms with Gasteiger partial charge in [-0.3, -0.25) is 0 Å². The van der Waals surface area contributed by atoms with E-state index in [9.17, 15) is 15.0 Å². The minimum absolute atomic E-state index is 0.00864. The third kappa shape index (κ3) is 2.32. The number of carbonyl (C=O) groups excluding carboxylic acids is 1. The second-order valence-corrected chi connectivity index (χ2v) is 7.85. The third-order valence-electron chi connectivity index (χ3n) is 6.04. The molecule has 32 heavy (non-hydrogen) atoms. The zero-order valence-corrected chi connectivity index (χ0v) is 16.7. The number of hydrogen-bond donors (Lipinski definition) is 3. The van der Waals surface area contributed by atoms with Gasteiger partial charge >= 0.3 is 5.97 Å². The second-order valence-electron chi connectivity index (χ2n) is 7.85. The highest BCUT2D eigenvalue weighted by Crippen LogP contribution is 2.58. The summed E-state index contributed by atoms with van der Waals surface area (Å²) < 4.78 is 12.2. The van der Waals surface area contributed by atoms with Gasteiger partial charge in [-0.15, -0.1) is 0 Å². The van der Waals surface area contributed by atoms with Crippen LogP contribution in [0.3, 0.4) is 0 Å². The zero-order chi connectivity index (χ0) is 22.0. The van der Waals surface area contributed by atoms with Gasteiger partial charge in [0.2, 0.25) is 0 Å². The van der Waals surface area contributed by atoms with Crippen LogP contribution in [0.5, 0.6) is 23.0 Å². The Morgan fingerprint density at radius 1 is 0.719 bits per heavy atom. The quantitative estimate of drug-likeness (QED) is 0.297. The first-order valence-corrected chi connectivity index (χ1v) is 10.1. The summed E-state index contributed by atoms with van der Waals surface area (Å²) in [4.78, 5) is 13.4. The third-order valence-corrected chi connectivity index (χ3v) is 6.04. The fraction of sp³-hybridized carbons (Fsp3) is 0.0385. The maximum Gasteiger partial charge on any atom is 0.340 e. The maximum atomic E-state index is 13.4. The molecule has 0 saturated heterocycles. The Morgan fingerprint density at radius 3 is 1.94 bits per heavy atom. The van der Waals surface area contributed by atoms with E-state index in [0.29, 0.717) is 45.0 Å². The van der Waals surface area contributed by atoms with Crippen molar-refractivity contribution in [3.8, 4) is 34.1 Å². The minimum Gasteiger partial charge on any atom is -0.508 e. The van der Waals surface area contributed by atoms with E-state index in [2.05, 4.69) is 0 Å². The number of benzene rings is 4. The van der Waals surface area contributed by atoms with Gasteiger partial charge in [0.15, 0.2) is 5.60 Å². The molecule has 0 fully saturated rings. The SMILES string of the molecule is Nc1ccc2c(c1-c1ccccc1)C(=O)OC21c2ccc(O)cc2Oc2cc(O)ccc21. The molecule has 0 saturated carbocycles. The van der Waals surface area contributed by atoms with Crippen LogP contribution in [0.25, 0.3) is 11.1 Å². The second kappa shape index (κ2) is 6.28. The standard InChI is InChI=1S/C26H17NO5/c27-20-11-10-19-24(23(20)14-4-2-1-3-5-14)25(30)32-26(19)17-8-6-15(28)12-21(17)31-22-13-16(29)7-9-18(22)26/h1-13,28-29H,27H2. The first-order valence-electron chi connectivity index (χ1n) is 10.1. The van der Waals surface area contributed by atoms with E-state index in [1.165, 1.54) is 24.3 Å². The van der Waals surface area contributed by atoms with Crippen molar-refractivity contribution >= 4 is 11.7 Å². The summed E-state index contributed by atoms with van der Waals surface area (Å²) in [5.74, 6) is 0.179. The number of esters is 1. The van der Waals surface area contributed by atoms with Crippen molar-refractivity contribution in [1.82, 2.24) is 0 Å². The van der Waals surface area contributed by atoms with Crippen molar-refractivity contribution in [1.29, 1.82) is 0 Å².